The van der Waals surface area contributed by atoms with Gasteiger partial charge in [0.15, 0.2) is 0 Å². The molecule has 0 atom stereocenters. The average molecular weight is 420 g/mol. The molecule has 6 heteroatoms. The second-order valence-electron chi connectivity index (χ2n) is 7.47. The maximum absolute atomic E-state index is 8.38. The Labute approximate surface area is 182 Å². The van der Waals surface area contributed by atoms with Gasteiger partial charge in [-0.05, 0) is 42.2 Å². The number of nitrogens with one attached hydrogen (secondary N) is 3. The zero-order valence-electron chi connectivity index (χ0n) is 16.9. The van der Waals surface area contributed by atoms with E-state index in [-0.39, 0.29) is 0 Å². The fourth-order valence-electron chi connectivity index (χ4n) is 3.61. The lowest BCUT2D eigenvalue weighted by atomic mass is 10.1. The van der Waals surface area contributed by atoms with Crippen LogP contribution in [0.25, 0.3) is 0 Å². The maximum atomic E-state index is 8.38. The smallest absolute Gasteiger partial charge is 0.128 e. The number of nitrogens with zero attached hydrogens (tertiary/aromatic N) is 2. The van der Waals surface area contributed by atoms with Crippen molar-refractivity contribution in [2.75, 3.05) is 23.7 Å². The summed E-state index contributed by atoms with van der Waals surface area (Å²) in [5, 5.41) is 15.9. The summed E-state index contributed by atoms with van der Waals surface area (Å²) in [6.45, 7) is 3.40. The second kappa shape index (κ2) is 9.63. The quantitative estimate of drug-likeness (QED) is 0.355. The molecule has 1 aliphatic rings. The summed E-state index contributed by atoms with van der Waals surface area (Å²) in [4.78, 5) is 6.44. The predicted octanol–water partition coefficient (Wildman–Crippen LogP) is 5.38. The fourth-order valence-corrected chi connectivity index (χ4v) is 3.73. The highest BCUT2D eigenvalue weighted by Gasteiger charge is 2.16. The minimum atomic E-state index is 0.629. The van der Waals surface area contributed by atoms with Gasteiger partial charge in [-0.3, -0.25) is 5.41 Å². The molecule has 3 N–H and O–H groups in total. The van der Waals surface area contributed by atoms with Crippen molar-refractivity contribution in [3.8, 4) is 0 Å². The van der Waals surface area contributed by atoms with Gasteiger partial charge in [0.05, 0.1) is 5.02 Å². The Hall–Kier alpha value is -3.05. The molecule has 2 aromatic carbocycles. The number of benzene rings is 2. The van der Waals surface area contributed by atoms with Crippen LogP contribution in [0.5, 0.6) is 0 Å². The summed E-state index contributed by atoms with van der Waals surface area (Å²) in [6.07, 6.45) is 4.01. The second-order valence-corrected chi connectivity index (χ2v) is 7.90. The molecule has 30 heavy (non-hydrogen) atoms. The van der Waals surface area contributed by atoms with Crippen LogP contribution in [0.2, 0.25) is 5.02 Å². The standard InChI is InChI=1S/C24H26ClN5/c25-21-11-12-23(29-17-21)28-16-20-5-1-2-6-22(20)27-15-18-7-9-19(10-8-18)24(26)30-13-3-4-14-30/h1-2,5-12,17,26-27H,3-4,13-16H2,(H,28,29). The number of para-hydroxylation sites is 1. The van der Waals surface area contributed by atoms with Gasteiger partial charge in [0, 0.05) is 43.6 Å². The molecule has 0 saturated carbocycles. The third-order valence-electron chi connectivity index (χ3n) is 5.34. The first-order valence-electron chi connectivity index (χ1n) is 10.3. The van der Waals surface area contributed by atoms with E-state index in [4.69, 9.17) is 17.0 Å². The van der Waals surface area contributed by atoms with Crippen molar-refractivity contribution in [1.29, 1.82) is 5.41 Å². The van der Waals surface area contributed by atoms with Gasteiger partial charge in [-0.1, -0.05) is 54.1 Å². The molecule has 1 aromatic heterocycles. The summed E-state index contributed by atoms with van der Waals surface area (Å²) in [6, 6.07) is 20.3. The van der Waals surface area contributed by atoms with Crippen LogP contribution >= 0.6 is 11.6 Å². The molecule has 0 aliphatic carbocycles. The van der Waals surface area contributed by atoms with E-state index in [2.05, 4.69) is 56.9 Å². The molecule has 1 fully saturated rings. The zero-order valence-corrected chi connectivity index (χ0v) is 17.6. The molecule has 0 bridgehead atoms. The Morgan fingerprint density at radius 3 is 2.43 bits per heavy atom. The highest BCUT2D eigenvalue weighted by atomic mass is 35.5. The average Bonchev–Trinajstić information content (AvgIpc) is 3.33. The number of likely N-dealkylation sites (tertiary alicyclic amines) is 1. The van der Waals surface area contributed by atoms with Gasteiger partial charge in [0.2, 0.25) is 0 Å². The van der Waals surface area contributed by atoms with E-state index < -0.39 is 0 Å². The van der Waals surface area contributed by atoms with Gasteiger partial charge in [0.1, 0.15) is 11.7 Å². The molecule has 1 saturated heterocycles. The molecule has 1 aliphatic heterocycles. The topological polar surface area (TPSA) is 64.0 Å². The summed E-state index contributed by atoms with van der Waals surface area (Å²) >= 11 is 5.90. The van der Waals surface area contributed by atoms with Crippen molar-refractivity contribution in [2.45, 2.75) is 25.9 Å². The molecular formula is C24H26ClN5. The van der Waals surface area contributed by atoms with Crippen molar-refractivity contribution in [2.24, 2.45) is 0 Å². The van der Waals surface area contributed by atoms with Crippen LogP contribution in [0.15, 0.2) is 66.9 Å². The van der Waals surface area contributed by atoms with Crippen molar-refractivity contribution in [3.05, 3.63) is 88.6 Å². The van der Waals surface area contributed by atoms with E-state index in [1.165, 1.54) is 24.0 Å². The van der Waals surface area contributed by atoms with Gasteiger partial charge in [-0.15, -0.1) is 0 Å². The third kappa shape index (κ3) is 5.10. The summed E-state index contributed by atoms with van der Waals surface area (Å²) in [5.41, 5.74) is 4.44. The number of halogens is 1. The van der Waals surface area contributed by atoms with Crippen molar-refractivity contribution >= 4 is 28.9 Å². The highest BCUT2D eigenvalue weighted by Crippen LogP contribution is 2.19. The summed E-state index contributed by atoms with van der Waals surface area (Å²) < 4.78 is 0. The monoisotopic (exact) mass is 419 g/mol. The summed E-state index contributed by atoms with van der Waals surface area (Å²) in [5.74, 6) is 1.43. The molecule has 154 valence electrons. The largest absolute Gasteiger partial charge is 0.381 e. The van der Waals surface area contributed by atoms with Crippen LogP contribution in [-0.2, 0) is 13.1 Å². The Morgan fingerprint density at radius 1 is 0.933 bits per heavy atom. The fraction of sp³-hybridized carbons (Fsp3) is 0.250. The number of pyridine rings is 1. The minimum absolute atomic E-state index is 0.629. The van der Waals surface area contributed by atoms with Crippen molar-refractivity contribution < 1.29 is 0 Å². The highest BCUT2D eigenvalue weighted by molar-refractivity contribution is 6.30. The van der Waals surface area contributed by atoms with Gasteiger partial charge in [0.25, 0.3) is 0 Å². The first-order valence-corrected chi connectivity index (χ1v) is 10.7. The number of aromatic nitrogens is 1. The van der Waals surface area contributed by atoms with E-state index in [1.54, 1.807) is 6.20 Å². The molecule has 0 spiro atoms. The van der Waals surface area contributed by atoms with Gasteiger partial charge < -0.3 is 15.5 Å². The molecule has 0 unspecified atom stereocenters. The van der Waals surface area contributed by atoms with Crippen molar-refractivity contribution in [3.63, 3.8) is 0 Å². The molecule has 0 radical (unpaired) electrons. The minimum Gasteiger partial charge on any atom is -0.381 e. The number of rotatable bonds is 7. The van der Waals surface area contributed by atoms with Crippen LogP contribution in [0, 0.1) is 5.41 Å². The predicted molar refractivity (Wildman–Crippen MR) is 124 cm³/mol. The van der Waals surface area contributed by atoms with Crippen LogP contribution in [0.3, 0.4) is 0 Å². The Kier molecular flexibility index (Phi) is 6.50. The molecule has 4 rings (SSSR count). The lowest BCUT2D eigenvalue weighted by Gasteiger charge is -2.18. The van der Waals surface area contributed by atoms with E-state index in [0.29, 0.717) is 17.4 Å². The van der Waals surface area contributed by atoms with Gasteiger partial charge in [-0.25, -0.2) is 4.98 Å². The Bertz CT molecular complexity index is 979. The third-order valence-corrected chi connectivity index (χ3v) is 5.56. The lowest BCUT2D eigenvalue weighted by molar-refractivity contribution is 0.517. The Balaban J connectivity index is 1.35. The molecule has 3 aromatic rings. The van der Waals surface area contributed by atoms with Crippen molar-refractivity contribution in [1.82, 2.24) is 9.88 Å². The number of hydrogen-bond donors (Lipinski definition) is 3. The normalized spacial score (nSPS) is 13.3. The zero-order chi connectivity index (χ0) is 20.8. The maximum Gasteiger partial charge on any atom is 0.128 e. The molecule has 2 heterocycles. The van der Waals surface area contributed by atoms with Crippen LogP contribution < -0.4 is 10.6 Å². The lowest BCUT2D eigenvalue weighted by Crippen LogP contribution is -2.27. The summed E-state index contributed by atoms with van der Waals surface area (Å²) in [7, 11) is 0. The first kappa shape index (κ1) is 20.2. The van der Waals surface area contributed by atoms with E-state index >= 15 is 0 Å². The molecule has 0 amide bonds. The van der Waals surface area contributed by atoms with E-state index in [9.17, 15) is 0 Å². The number of anilines is 2. The number of amidine groups is 1. The Morgan fingerprint density at radius 2 is 1.70 bits per heavy atom. The van der Waals surface area contributed by atoms with Gasteiger partial charge in [-0.2, -0.15) is 0 Å². The van der Waals surface area contributed by atoms with Crippen LogP contribution in [-0.4, -0.2) is 28.8 Å². The van der Waals surface area contributed by atoms with Gasteiger partial charge >= 0.3 is 0 Å². The number of hydrogen-bond acceptors (Lipinski definition) is 4. The van der Waals surface area contributed by atoms with Crippen LogP contribution in [0.4, 0.5) is 11.5 Å². The van der Waals surface area contributed by atoms with E-state index in [0.717, 1.165) is 36.7 Å². The SMILES string of the molecule is N=C(c1ccc(CNc2ccccc2CNc2ccc(Cl)cn2)cc1)N1CCCC1. The van der Waals surface area contributed by atoms with Crippen LogP contribution in [0.1, 0.15) is 29.5 Å². The molecular weight excluding hydrogens is 394 g/mol. The van der Waals surface area contributed by atoms with E-state index in [1.807, 2.05) is 24.3 Å². The molecule has 5 nitrogen and oxygen atoms in total. The first-order chi connectivity index (χ1) is 14.7.